The van der Waals surface area contributed by atoms with Gasteiger partial charge in [-0.05, 0) is 109 Å². The van der Waals surface area contributed by atoms with Crippen LogP contribution in [0.5, 0.6) is 0 Å². The van der Waals surface area contributed by atoms with E-state index in [1.165, 1.54) is 116 Å². The Morgan fingerprint density at radius 2 is 0.534 bits per heavy atom. The molecule has 0 aliphatic carbocycles. The molecule has 0 radical (unpaired) electrons. The largest absolute Gasteiger partial charge is 0.462 e. The second-order valence-corrected chi connectivity index (χ2v) is 19.9. The van der Waals surface area contributed by atoms with Crippen molar-refractivity contribution in [1.29, 1.82) is 0 Å². The minimum Gasteiger partial charge on any atom is -0.462 e. The highest BCUT2D eigenvalue weighted by molar-refractivity contribution is 5.71. The van der Waals surface area contributed by atoms with Crippen molar-refractivity contribution in [3.05, 3.63) is 109 Å². The zero-order chi connectivity index (χ0) is 52.9. The Bertz CT molecular complexity index is 1490. The molecule has 1 unspecified atom stereocenters. The van der Waals surface area contributed by atoms with Gasteiger partial charge in [-0.1, -0.05) is 259 Å². The standard InChI is InChI=1S/C67H112O6/c1-4-7-10-13-16-19-22-25-28-29-30-31-32-33-34-35-36-37-38-39-40-43-45-48-51-54-57-60-66(69)72-63-64(73-67(70)61-58-55-52-49-46-42-27-24-21-18-15-12-9-6-3)62-71-65(68)59-56-53-50-47-44-41-26-23-20-17-14-11-8-5-2/h7,10,16,19,24-25,27-28,30-31,33-34,36-37,39-40,45,48,64H,4-6,8-9,11-15,17-18,20-23,26,29,32,35,38,41-44,46-47,49-63H2,1-3H3/b10-7-,19-16-,27-24-,28-25-,31-30-,34-33-,37-36-,40-39-,48-45-. The van der Waals surface area contributed by atoms with Gasteiger partial charge < -0.3 is 14.2 Å². The molecule has 6 nitrogen and oxygen atoms in total. The van der Waals surface area contributed by atoms with E-state index in [1.807, 2.05) is 0 Å². The quantitative estimate of drug-likeness (QED) is 0.0261. The number of carbonyl (C=O) groups is 3. The summed E-state index contributed by atoms with van der Waals surface area (Å²) in [6, 6.07) is 0. The molecule has 0 heterocycles. The van der Waals surface area contributed by atoms with Gasteiger partial charge in [0.05, 0.1) is 0 Å². The highest BCUT2D eigenvalue weighted by Gasteiger charge is 2.19. The molecule has 0 aromatic heterocycles. The third-order valence-electron chi connectivity index (χ3n) is 12.8. The first-order valence-electron chi connectivity index (χ1n) is 30.4. The number of carbonyl (C=O) groups excluding carboxylic acids is 3. The number of hydrogen-bond donors (Lipinski definition) is 0. The normalized spacial score (nSPS) is 12.9. The number of rotatable bonds is 54. The first kappa shape index (κ1) is 69.1. The highest BCUT2D eigenvalue weighted by Crippen LogP contribution is 2.15. The summed E-state index contributed by atoms with van der Waals surface area (Å²) in [5, 5.41) is 0. The Kier molecular flexibility index (Phi) is 57.4. The van der Waals surface area contributed by atoms with Crippen molar-refractivity contribution in [2.24, 2.45) is 0 Å². The van der Waals surface area contributed by atoms with E-state index in [0.29, 0.717) is 19.3 Å². The van der Waals surface area contributed by atoms with Crippen molar-refractivity contribution >= 4 is 17.9 Å². The van der Waals surface area contributed by atoms with E-state index in [4.69, 9.17) is 14.2 Å². The van der Waals surface area contributed by atoms with Crippen molar-refractivity contribution in [1.82, 2.24) is 0 Å². The van der Waals surface area contributed by atoms with E-state index in [2.05, 4.69) is 130 Å². The summed E-state index contributed by atoms with van der Waals surface area (Å²) in [5.74, 6) is -0.944. The summed E-state index contributed by atoms with van der Waals surface area (Å²) < 4.78 is 16.8. The summed E-state index contributed by atoms with van der Waals surface area (Å²) in [5.41, 5.74) is 0. The molecule has 6 heteroatoms. The number of hydrogen-bond acceptors (Lipinski definition) is 6. The fourth-order valence-corrected chi connectivity index (χ4v) is 8.22. The van der Waals surface area contributed by atoms with E-state index in [9.17, 15) is 14.4 Å². The van der Waals surface area contributed by atoms with Crippen LogP contribution < -0.4 is 0 Å². The van der Waals surface area contributed by atoms with E-state index in [1.54, 1.807) is 0 Å². The van der Waals surface area contributed by atoms with E-state index in [0.717, 1.165) is 122 Å². The molecular weight excluding hydrogens is 901 g/mol. The molecule has 0 amide bonds. The maximum Gasteiger partial charge on any atom is 0.306 e. The lowest BCUT2D eigenvalue weighted by atomic mass is 10.0. The molecule has 0 aromatic rings. The predicted molar refractivity (Wildman–Crippen MR) is 316 cm³/mol. The molecule has 0 aromatic carbocycles. The van der Waals surface area contributed by atoms with Gasteiger partial charge in [0.25, 0.3) is 0 Å². The van der Waals surface area contributed by atoms with Crippen LogP contribution in [0, 0.1) is 0 Å². The topological polar surface area (TPSA) is 78.9 Å². The molecule has 0 rings (SSSR count). The number of unbranched alkanes of at least 4 members (excludes halogenated alkanes) is 25. The van der Waals surface area contributed by atoms with Crippen molar-refractivity contribution < 1.29 is 28.6 Å². The molecule has 0 N–H and O–H groups in total. The maximum atomic E-state index is 12.9. The van der Waals surface area contributed by atoms with E-state index < -0.39 is 6.10 Å². The third-order valence-corrected chi connectivity index (χ3v) is 12.8. The molecule has 1 atom stereocenters. The highest BCUT2D eigenvalue weighted by atomic mass is 16.6. The van der Waals surface area contributed by atoms with Gasteiger partial charge in [-0.2, -0.15) is 0 Å². The number of esters is 3. The van der Waals surface area contributed by atoms with Gasteiger partial charge in [-0.15, -0.1) is 0 Å². The Balaban J connectivity index is 4.42. The van der Waals surface area contributed by atoms with Gasteiger partial charge in [0, 0.05) is 19.3 Å². The molecule has 0 fully saturated rings. The van der Waals surface area contributed by atoms with Crippen LogP contribution >= 0.6 is 0 Å². The van der Waals surface area contributed by atoms with Crippen LogP contribution in [-0.4, -0.2) is 37.2 Å². The van der Waals surface area contributed by atoms with Crippen molar-refractivity contribution in [3.63, 3.8) is 0 Å². The van der Waals surface area contributed by atoms with Gasteiger partial charge in [0.1, 0.15) is 13.2 Å². The number of allylic oxidation sites excluding steroid dienone is 18. The van der Waals surface area contributed by atoms with Crippen LogP contribution in [0.2, 0.25) is 0 Å². The van der Waals surface area contributed by atoms with Crippen molar-refractivity contribution in [2.45, 2.75) is 284 Å². The minimum atomic E-state index is -0.800. The fourth-order valence-electron chi connectivity index (χ4n) is 8.22. The maximum absolute atomic E-state index is 12.9. The molecule has 416 valence electrons. The molecule has 73 heavy (non-hydrogen) atoms. The van der Waals surface area contributed by atoms with Crippen LogP contribution in [0.4, 0.5) is 0 Å². The molecule has 0 bridgehead atoms. The van der Waals surface area contributed by atoms with E-state index in [-0.39, 0.29) is 31.1 Å². The van der Waals surface area contributed by atoms with Crippen molar-refractivity contribution in [3.8, 4) is 0 Å². The Hall–Kier alpha value is -3.93. The zero-order valence-electron chi connectivity index (χ0n) is 47.6. The average molecular weight is 1010 g/mol. The van der Waals surface area contributed by atoms with Crippen LogP contribution in [0.1, 0.15) is 278 Å². The Morgan fingerprint density at radius 1 is 0.288 bits per heavy atom. The van der Waals surface area contributed by atoms with E-state index >= 15 is 0 Å². The Labute approximate surface area is 450 Å². The van der Waals surface area contributed by atoms with Gasteiger partial charge in [0.15, 0.2) is 6.10 Å². The lowest BCUT2D eigenvalue weighted by Gasteiger charge is -2.18. The second-order valence-electron chi connectivity index (χ2n) is 19.9. The monoisotopic (exact) mass is 1010 g/mol. The molecule has 0 saturated heterocycles. The summed E-state index contributed by atoms with van der Waals surface area (Å²) in [6.45, 7) is 6.48. The van der Waals surface area contributed by atoms with Crippen LogP contribution in [-0.2, 0) is 28.6 Å². The van der Waals surface area contributed by atoms with Gasteiger partial charge in [-0.3, -0.25) is 14.4 Å². The lowest BCUT2D eigenvalue weighted by molar-refractivity contribution is -0.167. The van der Waals surface area contributed by atoms with Crippen molar-refractivity contribution in [2.75, 3.05) is 13.2 Å². The van der Waals surface area contributed by atoms with Crippen LogP contribution in [0.15, 0.2) is 109 Å². The number of ether oxygens (including phenoxy) is 3. The van der Waals surface area contributed by atoms with Crippen LogP contribution in [0.3, 0.4) is 0 Å². The molecular formula is C67H112O6. The minimum absolute atomic E-state index is 0.0939. The summed E-state index contributed by atoms with van der Waals surface area (Å²) in [4.78, 5) is 38.2. The lowest BCUT2D eigenvalue weighted by Crippen LogP contribution is -2.30. The first-order valence-corrected chi connectivity index (χ1v) is 30.4. The molecule has 0 saturated carbocycles. The third kappa shape index (κ3) is 58.8. The van der Waals surface area contributed by atoms with Gasteiger partial charge >= 0.3 is 17.9 Å². The second kappa shape index (κ2) is 60.6. The van der Waals surface area contributed by atoms with Gasteiger partial charge in [0.2, 0.25) is 0 Å². The van der Waals surface area contributed by atoms with Crippen LogP contribution in [0.25, 0.3) is 0 Å². The molecule has 0 aliphatic rings. The summed E-state index contributed by atoms with van der Waals surface area (Å²) >= 11 is 0. The fraction of sp³-hybridized carbons (Fsp3) is 0.687. The Morgan fingerprint density at radius 3 is 0.877 bits per heavy atom. The average Bonchev–Trinajstić information content (AvgIpc) is 3.39. The zero-order valence-corrected chi connectivity index (χ0v) is 47.6. The van der Waals surface area contributed by atoms with Gasteiger partial charge in [-0.25, -0.2) is 0 Å². The summed E-state index contributed by atoms with van der Waals surface area (Å²) in [6.07, 6.45) is 82.3. The predicted octanol–water partition coefficient (Wildman–Crippen LogP) is 20.7. The smallest absolute Gasteiger partial charge is 0.306 e. The molecule has 0 spiro atoms. The summed E-state index contributed by atoms with van der Waals surface area (Å²) in [7, 11) is 0. The SMILES string of the molecule is CC/C=C\C/C=C\C/C=C\C/C=C\C/C=C\C/C=C\C/C=C\C/C=C\CCCCC(=O)OCC(COC(=O)CCCCCCCCCCCCCCCC)OC(=O)CCCCCCC/C=C\CCCCCCC. The molecule has 0 aliphatic heterocycles. The first-order chi connectivity index (χ1) is 36.0.